The highest BCUT2D eigenvalue weighted by Gasteiger charge is 2.35. The summed E-state index contributed by atoms with van der Waals surface area (Å²) in [5.74, 6) is 0.0786. The molecule has 0 saturated carbocycles. The number of aromatic nitrogens is 1. The van der Waals surface area contributed by atoms with Gasteiger partial charge in [0.15, 0.2) is 0 Å². The van der Waals surface area contributed by atoms with Gasteiger partial charge in [0.05, 0.1) is 17.3 Å². The van der Waals surface area contributed by atoms with Gasteiger partial charge in [-0.3, -0.25) is 4.79 Å². The van der Waals surface area contributed by atoms with E-state index in [4.69, 9.17) is 4.52 Å². The van der Waals surface area contributed by atoms with Crippen LogP contribution in [0.1, 0.15) is 53.2 Å². The molecule has 1 fully saturated rings. The van der Waals surface area contributed by atoms with Crippen LogP contribution in [0.5, 0.6) is 0 Å². The first-order chi connectivity index (χ1) is 10.6. The van der Waals surface area contributed by atoms with E-state index in [-0.39, 0.29) is 17.5 Å². The number of hydrogen-bond donors (Lipinski definition) is 0. The van der Waals surface area contributed by atoms with E-state index in [0.717, 1.165) is 36.3 Å². The predicted octanol–water partition coefficient (Wildman–Crippen LogP) is 3.66. The number of likely N-dealkylation sites (tertiary alicyclic amines) is 1. The monoisotopic (exact) mass is 302 g/mol. The van der Waals surface area contributed by atoms with Crippen molar-refractivity contribution in [3.63, 3.8) is 0 Å². The maximum absolute atomic E-state index is 13.9. The number of nitrogens with zero attached hydrogens (tertiary/aromatic N) is 2. The Morgan fingerprint density at radius 1 is 1.45 bits per heavy atom. The molecule has 0 aliphatic carbocycles. The largest absolute Gasteiger partial charge is 0.361 e. The van der Waals surface area contributed by atoms with Gasteiger partial charge in [-0.2, -0.15) is 0 Å². The number of carbonyl (C=O) groups excluding carboxylic acids is 1. The van der Waals surface area contributed by atoms with Gasteiger partial charge in [0.25, 0.3) is 5.91 Å². The van der Waals surface area contributed by atoms with Crippen molar-refractivity contribution < 1.29 is 13.7 Å². The molecule has 1 aliphatic rings. The lowest BCUT2D eigenvalue weighted by atomic mass is 10.0. The summed E-state index contributed by atoms with van der Waals surface area (Å²) in [6.45, 7) is 4.52. The van der Waals surface area contributed by atoms with Crippen LogP contribution in [-0.2, 0) is 6.42 Å². The molecule has 2 aromatic rings. The molecule has 116 valence electrons. The van der Waals surface area contributed by atoms with Crippen LogP contribution in [0.25, 0.3) is 0 Å². The van der Waals surface area contributed by atoms with Crippen molar-refractivity contribution in [2.24, 2.45) is 0 Å². The number of rotatable bonds is 3. The SMILES string of the molecule is CCc1onc(C)c1C1CCCN1C(=O)c1ccccc1F. The Hall–Kier alpha value is -2.17. The zero-order valence-corrected chi connectivity index (χ0v) is 12.8. The molecule has 1 aromatic heterocycles. The second-order valence-electron chi connectivity index (χ2n) is 5.59. The van der Waals surface area contributed by atoms with Gasteiger partial charge in [0, 0.05) is 18.5 Å². The van der Waals surface area contributed by atoms with Crippen LogP contribution in [0.4, 0.5) is 4.39 Å². The lowest BCUT2D eigenvalue weighted by Gasteiger charge is -2.25. The highest BCUT2D eigenvalue weighted by Crippen LogP contribution is 2.37. The molecule has 1 unspecified atom stereocenters. The van der Waals surface area contributed by atoms with Crippen molar-refractivity contribution in [1.82, 2.24) is 10.1 Å². The molecule has 0 spiro atoms. The average Bonchev–Trinajstić information content (AvgIpc) is 3.12. The maximum atomic E-state index is 13.9. The minimum Gasteiger partial charge on any atom is -0.361 e. The Morgan fingerprint density at radius 2 is 2.23 bits per heavy atom. The molecule has 1 aromatic carbocycles. The summed E-state index contributed by atoms with van der Waals surface area (Å²) < 4.78 is 19.3. The lowest BCUT2D eigenvalue weighted by Crippen LogP contribution is -2.31. The zero-order chi connectivity index (χ0) is 15.7. The zero-order valence-electron chi connectivity index (χ0n) is 12.8. The third-order valence-electron chi connectivity index (χ3n) is 4.26. The van der Waals surface area contributed by atoms with Crippen LogP contribution < -0.4 is 0 Å². The Labute approximate surface area is 128 Å². The van der Waals surface area contributed by atoms with Gasteiger partial charge in [0.2, 0.25) is 0 Å². The lowest BCUT2D eigenvalue weighted by molar-refractivity contribution is 0.0729. The van der Waals surface area contributed by atoms with E-state index in [2.05, 4.69) is 5.16 Å². The number of benzene rings is 1. The number of halogens is 1. The van der Waals surface area contributed by atoms with E-state index in [1.807, 2.05) is 13.8 Å². The minimum absolute atomic E-state index is 0.0756. The maximum Gasteiger partial charge on any atom is 0.257 e. The average molecular weight is 302 g/mol. The Morgan fingerprint density at radius 3 is 2.95 bits per heavy atom. The highest BCUT2D eigenvalue weighted by atomic mass is 19.1. The minimum atomic E-state index is -0.476. The molecule has 0 N–H and O–H groups in total. The molecule has 22 heavy (non-hydrogen) atoms. The fraction of sp³-hybridized carbons (Fsp3) is 0.412. The van der Waals surface area contributed by atoms with E-state index in [1.165, 1.54) is 12.1 Å². The van der Waals surface area contributed by atoms with Crippen LogP contribution in [0.3, 0.4) is 0 Å². The van der Waals surface area contributed by atoms with Gasteiger partial charge in [-0.1, -0.05) is 24.2 Å². The summed E-state index contributed by atoms with van der Waals surface area (Å²) >= 11 is 0. The van der Waals surface area contributed by atoms with Crippen molar-refractivity contribution in [3.05, 3.63) is 52.7 Å². The first-order valence-electron chi connectivity index (χ1n) is 7.64. The van der Waals surface area contributed by atoms with Gasteiger partial charge in [0.1, 0.15) is 11.6 Å². The van der Waals surface area contributed by atoms with E-state index in [1.54, 1.807) is 17.0 Å². The molecule has 1 atom stereocenters. The fourth-order valence-electron chi connectivity index (χ4n) is 3.20. The third-order valence-corrected chi connectivity index (χ3v) is 4.26. The molecular weight excluding hydrogens is 283 g/mol. The first kappa shape index (κ1) is 14.8. The number of hydrogen-bond acceptors (Lipinski definition) is 3. The summed E-state index contributed by atoms with van der Waals surface area (Å²) in [5.41, 5.74) is 1.93. The standard InChI is InChI=1S/C17H19FN2O2/c1-3-15-16(11(2)19-22-15)14-9-6-10-20(14)17(21)12-7-4-5-8-13(12)18/h4-5,7-8,14H,3,6,9-10H2,1-2H3. The summed E-state index contributed by atoms with van der Waals surface area (Å²) in [7, 11) is 0. The van der Waals surface area contributed by atoms with Crippen molar-refractivity contribution in [2.75, 3.05) is 6.54 Å². The summed E-state index contributed by atoms with van der Waals surface area (Å²) in [4.78, 5) is 14.5. The second-order valence-corrected chi connectivity index (χ2v) is 5.59. The number of carbonyl (C=O) groups is 1. The van der Waals surface area contributed by atoms with Crippen molar-refractivity contribution in [1.29, 1.82) is 0 Å². The molecule has 1 amide bonds. The molecule has 1 aliphatic heterocycles. The van der Waals surface area contributed by atoms with Gasteiger partial charge < -0.3 is 9.42 Å². The van der Waals surface area contributed by atoms with Crippen LogP contribution >= 0.6 is 0 Å². The van der Waals surface area contributed by atoms with Crippen molar-refractivity contribution in [3.8, 4) is 0 Å². The van der Waals surface area contributed by atoms with Crippen LogP contribution in [0.15, 0.2) is 28.8 Å². The quantitative estimate of drug-likeness (QED) is 0.869. The molecule has 3 rings (SSSR count). The van der Waals surface area contributed by atoms with E-state index < -0.39 is 5.82 Å². The molecule has 1 saturated heterocycles. The molecule has 5 heteroatoms. The fourth-order valence-corrected chi connectivity index (χ4v) is 3.20. The van der Waals surface area contributed by atoms with E-state index in [0.29, 0.717) is 6.54 Å². The smallest absolute Gasteiger partial charge is 0.257 e. The Balaban J connectivity index is 1.95. The Bertz CT molecular complexity index is 696. The molecule has 0 radical (unpaired) electrons. The van der Waals surface area contributed by atoms with Crippen LogP contribution in [0, 0.1) is 12.7 Å². The van der Waals surface area contributed by atoms with Gasteiger partial charge in [-0.25, -0.2) is 4.39 Å². The Kier molecular flexibility index (Phi) is 3.96. The van der Waals surface area contributed by atoms with Crippen LogP contribution in [-0.4, -0.2) is 22.5 Å². The predicted molar refractivity (Wildman–Crippen MR) is 80.0 cm³/mol. The highest BCUT2D eigenvalue weighted by molar-refractivity contribution is 5.95. The number of amides is 1. The van der Waals surface area contributed by atoms with Crippen LogP contribution in [0.2, 0.25) is 0 Å². The van der Waals surface area contributed by atoms with Gasteiger partial charge in [-0.15, -0.1) is 0 Å². The number of aryl methyl sites for hydroxylation is 2. The molecule has 4 nitrogen and oxygen atoms in total. The molecule has 0 bridgehead atoms. The summed E-state index contributed by atoms with van der Waals surface area (Å²) in [6.07, 6.45) is 2.49. The summed E-state index contributed by atoms with van der Waals surface area (Å²) in [6, 6.07) is 6.05. The van der Waals surface area contributed by atoms with Crippen molar-refractivity contribution in [2.45, 2.75) is 39.2 Å². The third kappa shape index (κ3) is 2.40. The van der Waals surface area contributed by atoms with E-state index in [9.17, 15) is 9.18 Å². The topological polar surface area (TPSA) is 46.3 Å². The van der Waals surface area contributed by atoms with E-state index >= 15 is 0 Å². The van der Waals surface area contributed by atoms with Crippen molar-refractivity contribution >= 4 is 5.91 Å². The molecule has 2 heterocycles. The van der Waals surface area contributed by atoms with Gasteiger partial charge >= 0.3 is 0 Å². The normalized spacial score (nSPS) is 18.0. The summed E-state index contributed by atoms with van der Waals surface area (Å²) in [5, 5.41) is 4.03. The second kappa shape index (κ2) is 5.91. The first-order valence-corrected chi connectivity index (χ1v) is 7.64. The van der Waals surface area contributed by atoms with Gasteiger partial charge in [-0.05, 0) is 31.9 Å². The molecular formula is C17H19FN2O2.